The van der Waals surface area contributed by atoms with Crippen molar-refractivity contribution in [2.45, 2.75) is 25.6 Å². The van der Waals surface area contributed by atoms with Crippen LogP contribution in [0, 0.1) is 0 Å². The summed E-state index contributed by atoms with van der Waals surface area (Å²) in [6.07, 6.45) is -3.29. The van der Waals surface area contributed by atoms with E-state index in [1.165, 1.54) is 30.2 Å². The van der Waals surface area contributed by atoms with Gasteiger partial charge in [0.25, 0.3) is 5.91 Å². The first-order valence-electron chi connectivity index (χ1n) is 12.2. The molecule has 1 heterocycles. The smallest absolute Gasteiger partial charge is 0.416 e. The van der Waals surface area contributed by atoms with Gasteiger partial charge in [-0.1, -0.05) is 30.3 Å². The maximum Gasteiger partial charge on any atom is 0.416 e. The number of rotatable bonds is 10. The number of hydrogen-bond acceptors (Lipinski definition) is 5. The Hall–Kier alpha value is -3.11. The molecule has 1 aliphatic rings. The number of methoxy groups -OCH3 is 1. The van der Waals surface area contributed by atoms with E-state index < -0.39 is 17.6 Å². The van der Waals surface area contributed by atoms with Crippen molar-refractivity contribution >= 4 is 11.8 Å². The number of fused-ring (bicyclic) bond motifs is 1. The van der Waals surface area contributed by atoms with E-state index in [4.69, 9.17) is 9.47 Å². The lowest BCUT2D eigenvalue weighted by Crippen LogP contribution is -2.39. The minimum atomic E-state index is -4.51. The first-order chi connectivity index (χ1) is 17.6. The van der Waals surface area contributed by atoms with Crippen LogP contribution in [-0.4, -0.2) is 87.1 Å². The topological polar surface area (TPSA) is 62.3 Å². The van der Waals surface area contributed by atoms with Gasteiger partial charge in [0.15, 0.2) is 6.61 Å². The molecule has 0 bridgehead atoms. The Morgan fingerprint density at radius 1 is 0.973 bits per heavy atom. The monoisotopic (exact) mass is 521 g/mol. The first-order valence-corrected chi connectivity index (χ1v) is 12.2. The lowest BCUT2D eigenvalue weighted by molar-refractivity contribution is -0.140. The number of hydrogen-bond donors (Lipinski definition) is 0. The van der Waals surface area contributed by atoms with Crippen molar-refractivity contribution in [3.05, 3.63) is 64.7 Å². The zero-order valence-electron chi connectivity index (χ0n) is 21.5. The number of carbonyl (C=O) groups excluding carboxylic acids is 2. The van der Waals surface area contributed by atoms with Crippen molar-refractivity contribution < 1.29 is 32.2 Å². The van der Waals surface area contributed by atoms with E-state index in [2.05, 4.69) is 0 Å². The van der Waals surface area contributed by atoms with Gasteiger partial charge in [-0.25, -0.2) is 0 Å². The normalized spacial score (nSPS) is 13.8. The molecule has 0 aliphatic carbocycles. The van der Waals surface area contributed by atoms with Gasteiger partial charge in [0, 0.05) is 39.8 Å². The van der Waals surface area contributed by atoms with Crippen molar-refractivity contribution in [2.24, 2.45) is 0 Å². The fourth-order valence-corrected chi connectivity index (χ4v) is 4.33. The van der Waals surface area contributed by atoms with E-state index in [1.807, 2.05) is 31.1 Å². The summed E-state index contributed by atoms with van der Waals surface area (Å²) >= 11 is 0. The molecule has 7 nitrogen and oxygen atoms in total. The molecule has 0 saturated heterocycles. The standard InChI is InChI=1S/C27H34F3N3O4/c1-31(2)15-16-33(17-21-7-4-5-9-23(21)27(28,29)30)26(35)19-37-24-10-6-8-20-11-13-32(14-12-22(20)24)25(34)18-36-3/h4-10H,11-19H2,1-3H3. The predicted molar refractivity (Wildman–Crippen MR) is 133 cm³/mol. The van der Waals surface area contributed by atoms with Crippen LogP contribution in [0.3, 0.4) is 0 Å². The molecule has 3 rings (SSSR count). The zero-order chi connectivity index (χ0) is 27.0. The van der Waals surface area contributed by atoms with Crippen LogP contribution in [-0.2, 0) is 39.9 Å². The molecule has 0 atom stereocenters. The third-order valence-corrected chi connectivity index (χ3v) is 6.34. The Labute approximate surface area is 215 Å². The Morgan fingerprint density at radius 2 is 1.70 bits per heavy atom. The van der Waals surface area contributed by atoms with Crippen LogP contribution in [0.15, 0.2) is 42.5 Å². The maximum absolute atomic E-state index is 13.5. The van der Waals surface area contributed by atoms with Gasteiger partial charge in [-0.05, 0) is 55.8 Å². The lowest BCUT2D eigenvalue weighted by atomic mass is 10.0. The summed E-state index contributed by atoms with van der Waals surface area (Å²) in [5.74, 6) is 0.0701. The van der Waals surface area contributed by atoms with Gasteiger partial charge >= 0.3 is 6.18 Å². The number of amides is 2. The molecule has 0 unspecified atom stereocenters. The highest BCUT2D eigenvalue weighted by Crippen LogP contribution is 2.32. The van der Waals surface area contributed by atoms with Gasteiger partial charge in [-0.15, -0.1) is 0 Å². The second-order valence-electron chi connectivity index (χ2n) is 9.27. The number of nitrogens with zero attached hydrogens (tertiary/aromatic N) is 3. The summed E-state index contributed by atoms with van der Waals surface area (Å²) in [7, 11) is 5.16. The van der Waals surface area contributed by atoms with Crippen LogP contribution in [0.5, 0.6) is 5.75 Å². The van der Waals surface area contributed by atoms with Crippen molar-refractivity contribution in [3.63, 3.8) is 0 Å². The number of carbonyl (C=O) groups is 2. The molecular formula is C27H34F3N3O4. The Kier molecular flexibility index (Phi) is 9.93. The first kappa shape index (κ1) is 28.5. The molecule has 2 amide bonds. The molecule has 0 spiro atoms. The summed E-state index contributed by atoms with van der Waals surface area (Å²) in [5.41, 5.74) is 1.27. The van der Waals surface area contributed by atoms with E-state index in [-0.39, 0.29) is 37.8 Å². The van der Waals surface area contributed by atoms with Gasteiger partial charge in [-0.3, -0.25) is 9.59 Å². The summed E-state index contributed by atoms with van der Waals surface area (Å²) in [4.78, 5) is 30.5. The largest absolute Gasteiger partial charge is 0.483 e. The highest BCUT2D eigenvalue weighted by molar-refractivity contribution is 5.78. The molecule has 1 aliphatic heterocycles. The summed E-state index contributed by atoms with van der Waals surface area (Å²) < 4.78 is 51.5. The maximum atomic E-state index is 13.5. The predicted octanol–water partition coefficient (Wildman–Crippen LogP) is 3.25. The molecule has 0 fully saturated rings. The van der Waals surface area contributed by atoms with Crippen LogP contribution in [0.2, 0.25) is 0 Å². The second-order valence-corrected chi connectivity index (χ2v) is 9.27. The molecule has 0 aromatic heterocycles. The van der Waals surface area contributed by atoms with Gasteiger partial charge in [-0.2, -0.15) is 13.2 Å². The number of benzene rings is 2. The quantitative estimate of drug-likeness (QED) is 0.481. The van der Waals surface area contributed by atoms with Crippen molar-refractivity contribution in [2.75, 3.05) is 60.6 Å². The van der Waals surface area contributed by atoms with E-state index in [1.54, 1.807) is 11.0 Å². The minimum absolute atomic E-state index is 0.0223. The highest BCUT2D eigenvalue weighted by atomic mass is 19.4. The Morgan fingerprint density at radius 3 is 2.41 bits per heavy atom. The molecule has 0 radical (unpaired) electrons. The van der Waals surface area contributed by atoms with Gasteiger partial charge in [0.05, 0.1) is 5.56 Å². The SMILES string of the molecule is COCC(=O)N1CCc2cccc(OCC(=O)N(CCN(C)C)Cc3ccccc3C(F)(F)F)c2CC1. The summed E-state index contributed by atoms with van der Waals surface area (Å²) in [6.45, 7) is 1.37. The third kappa shape index (κ3) is 7.93. The van der Waals surface area contributed by atoms with E-state index in [9.17, 15) is 22.8 Å². The number of halogens is 3. The molecular weight excluding hydrogens is 487 g/mol. The van der Waals surface area contributed by atoms with Crippen LogP contribution in [0.25, 0.3) is 0 Å². The number of ether oxygens (including phenoxy) is 2. The second kappa shape index (κ2) is 12.9. The fourth-order valence-electron chi connectivity index (χ4n) is 4.33. The molecule has 10 heteroatoms. The third-order valence-electron chi connectivity index (χ3n) is 6.34. The summed E-state index contributed by atoms with van der Waals surface area (Å²) in [5, 5.41) is 0. The van der Waals surface area contributed by atoms with Crippen LogP contribution in [0.4, 0.5) is 13.2 Å². The number of alkyl halides is 3. The average molecular weight is 522 g/mol. The molecule has 202 valence electrons. The minimum Gasteiger partial charge on any atom is -0.483 e. The molecule has 0 saturated carbocycles. The van der Waals surface area contributed by atoms with Gasteiger partial charge < -0.3 is 24.2 Å². The molecule has 37 heavy (non-hydrogen) atoms. The van der Waals surface area contributed by atoms with Crippen LogP contribution in [0.1, 0.15) is 22.3 Å². The van der Waals surface area contributed by atoms with Gasteiger partial charge in [0.2, 0.25) is 5.91 Å². The van der Waals surface area contributed by atoms with E-state index in [0.29, 0.717) is 38.2 Å². The van der Waals surface area contributed by atoms with Crippen LogP contribution >= 0.6 is 0 Å². The van der Waals surface area contributed by atoms with Gasteiger partial charge in [0.1, 0.15) is 12.4 Å². The fraction of sp³-hybridized carbons (Fsp3) is 0.481. The van der Waals surface area contributed by atoms with Crippen molar-refractivity contribution in [3.8, 4) is 5.75 Å². The lowest BCUT2D eigenvalue weighted by Gasteiger charge is -2.26. The molecule has 0 N–H and O–H groups in total. The van der Waals surface area contributed by atoms with E-state index >= 15 is 0 Å². The average Bonchev–Trinajstić information content (AvgIpc) is 3.08. The highest BCUT2D eigenvalue weighted by Gasteiger charge is 2.33. The van der Waals surface area contributed by atoms with Crippen LogP contribution < -0.4 is 4.74 Å². The molecule has 2 aromatic rings. The van der Waals surface area contributed by atoms with E-state index in [0.717, 1.165) is 17.2 Å². The Balaban J connectivity index is 1.73. The van der Waals surface area contributed by atoms with Crippen molar-refractivity contribution in [1.29, 1.82) is 0 Å². The summed E-state index contributed by atoms with van der Waals surface area (Å²) in [6, 6.07) is 10.9. The Bertz CT molecular complexity index is 1080. The van der Waals surface area contributed by atoms with Crippen molar-refractivity contribution in [1.82, 2.24) is 14.7 Å². The number of likely N-dealkylation sites (N-methyl/N-ethyl adjacent to an activating group) is 1. The zero-order valence-corrected chi connectivity index (χ0v) is 21.5. The molecule has 2 aromatic carbocycles.